The van der Waals surface area contributed by atoms with Gasteiger partial charge in [-0.25, -0.2) is 0 Å². The lowest BCUT2D eigenvalue weighted by molar-refractivity contribution is 0.145. The number of fused-ring (bicyclic) bond motifs is 2. The molecule has 0 amide bonds. The normalized spacial score (nSPS) is 13.1. The highest BCUT2D eigenvalue weighted by molar-refractivity contribution is 7.99. The van der Waals surface area contributed by atoms with Crippen LogP contribution in [0, 0.1) is 0 Å². The highest BCUT2D eigenvalue weighted by Crippen LogP contribution is 2.44. The van der Waals surface area contributed by atoms with E-state index >= 15 is 0 Å². The van der Waals surface area contributed by atoms with Crippen LogP contribution in [0.15, 0.2) is 57.4 Å². The predicted octanol–water partition coefficient (Wildman–Crippen LogP) is 5.26. The summed E-state index contributed by atoms with van der Waals surface area (Å²) >= 11 is 7.39. The lowest BCUT2D eigenvalue weighted by atomic mass is 10.1. The Morgan fingerprint density at radius 1 is 1.18 bits per heavy atom. The van der Waals surface area contributed by atoms with Gasteiger partial charge < -0.3 is 10.2 Å². The van der Waals surface area contributed by atoms with Gasteiger partial charge in [0.25, 0.3) is 0 Å². The van der Waals surface area contributed by atoms with Gasteiger partial charge in [-0.2, -0.15) is 0 Å². The number of halogens is 1. The van der Waals surface area contributed by atoms with Gasteiger partial charge in [-0.3, -0.25) is 0 Å². The molecular formula is C17H17ClN2OS. The second-order valence-electron chi connectivity index (χ2n) is 4.99. The third-order valence-electron chi connectivity index (χ3n) is 3.34. The fraction of sp³-hybridized carbons (Fsp3) is 0.235. The van der Waals surface area contributed by atoms with Crippen LogP contribution in [0.2, 0.25) is 0 Å². The number of rotatable bonds is 5. The number of hydrogen-bond acceptors (Lipinski definition) is 4. The van der Waals surface area contributed by atoms with E-state index < -0.39 is 0 Å². The number of alkyl halides is 1. The number of nitrogens with zero attached hydrogens (tertiary/aromatic N) is 1. The molecule has 2 aromatic rings. The van der Waals surface area contributed by atoms with Crippen molar-refractivity contribution in [3.63, 3.8) is 0 Å². The highest BCUT2D eigenvalue weighted by Gasteiger charge is 2.15. The third-order valence-corrected chi connectivity index (χ3v) is 4.76. The van der Waals surface area contributed by atoms with E-state index in [0.29, 0.717) is 12.5 Å². The molecule has 5 heteroatoms. The van der Waals surface area contributed by atoms with E-state index in [1.54, 1.807) is 11.8 Å². The Bertz CT molecular complexity index is 703. The second kappa shape index (κ2) is 7.07. The van der Waals surface area contributed by atoms with Crippen LogP contribution < -0.4 is 5.32 Å². The largest absolute Gasteiger partial charge is 0.396 e. The number of benzene rings is 2. The Morgan fingerprint density at radius 2 is 2.00 bits per heavy atom. The molecule has 1 heterocycles. The molecule has 2 aromatic carbocycles. The molecule has 0 unspecified atom stereocenters. The molecule has 0 saturated heterocycles. The van der Waals surface area contributed by atoms with Gasteiger partial charge in [0, 0.05) is 21.2 Å². The van der Waals surface area contributed by atoms with Crippen LogP contribution in [0.1, 0.15) is 18.9 Å². The van der Waals surface area contributed by atoms with Crippen molar-refractivity contribution in [3.05, 3.63) is 48.0 Å². The molecule has 1 aliphatic heterocycles. The van der Waals surface area contributed by atoms with E-state index in [1.165, 1.54) is 9.79 Å². The first-order valence-corrected chi connectivity index (χ1v) is 8.54. The molecule has 0 saturated carbocycles. The lowest BCUT2D eigenvalue weighted by Crippen LogP contribution is -2.03. The van der Waals surface area contributed by atoms with Crippen LogP contribution in [0.4, 0.5) is 11.4 Å². The fourth-order valence-corrected chi connectivity index (χ4v) is 3.26. The van der Waals surface area contributed by atoms with Crippen molar-refractivity contribution in [2.24, 2.45) is 5.16 Å². The first-order chi connectivity index (χ1) is 10.8. The zero-order chi connectivity index (χ0) is 15.4. The van der Waals surface area contributed by atoms with Gasteiger partial charge in [0.15, 0.2) is 0 Å². The summed E-state index contributed by atoms with van der Waals surface area (Å²) in [5.74, 6) is 0.591. The van der Waals surface area contributed by atoms with Crippen LogP contribution in [0.5, 0.6) is 0 Å². The standard InChI is InChI=1S/C17H17ClN2OS/c1-12(20-21-10-4-9-18)13-7-8-17-15(11-13)19-14-5-2-3-6-16(14)22-17/h2-3,5-8,11,19H,4,9-10H2,1H3/b20-12+. The number of nitrogens with one attached hydrogen (secondary N) is 1. The van der Waals surface area contributed by atoms with Gasteiger partial charge in [0.05, 0.1) is 17.1 Å². The Hall–Kier alpha value is -1.65. The van der Waals surface area contributed by atoms with E-state index in [-0.39, 0.29) is 0 Å². The molecule has 0 atom stereocenters. The molecular weight excluding hydrogens is 316 g/mol. The van der Waals surface area contributed by atoms with Crippen molar-refractivity contribution in [1.82, 2.24) is 0 Å². The van der Waals surface area contributed by atoms with Crippen LogP contribution in [-0.2, 0) is 4.84 Å². The number of hydrogen-bond donors (Lipinski definition) is 1. The maximum Gasteiger partial charge on any atom is 0.118 e. The summed E-state index contributed by atoms with van der Waals surface area (Å²) in [5.41, 5.74) is 4.17. The third kappa shape index (κ3) is 3.39. The van der Waals surface area contributed by atoms with Crippen molar-refractivity contribution < 1.29 is 4.84 Å². The average Bonchev–Trinajstić information content (AvgIpc) is 2.56. The maximum atomic E-state index is 5.62. The van der Waals surface area contributed by atoms with Crippen LogP contribution >= 0.6 is 23.4 Å². The maximum absolute atomic E-state index is 5.62. The first kappa shape index (κ1) is 15.3. The van der Waals surface area contributed by atoms with E-state index in [9.17, 15) is 0 Å². The Labute approximate surface area is 139 Å². The van der Waals surface area contributed by atoms with Crippen molar-refractivity contribution in [2.45, 2.75) is 23.1 Å². The quantitative estimate of drug-likeness (QED) is 0.299. The van der Waals surface area contributed by atoms with E-state index in [1.807, 2.05) is 13.0 Å². The monoisotopic (exact) mass is 332 g/mol. The Morgan fingerprint density at radius 3 is 2.86 bits per heavy atom. The van der Waals surface area contributed by atoms with Gasteiger partial charge in [0.1, 0.15) is 6.61 Å². The summed E-state index contributed by atoms with van der Waals surface area (Å²) in [6.07, 6.45) is 0.803. The summed E-state index contributed by atoms with van der Waals surface area (Å²) < 4.78 is 0. The molecule has 1 aliphatic rings. The smallest absolute Gasteiger partial charge is 0.118 e. The Kier molecular flexibility index (Phi) is 4.90. The molecule has 0 radical (unpaired) electrons. The molecule has 3 nitrogen and oxygen atoms in total. The first-order valence-electron chi connectivity index (χ1n) is 7.19. The molecule has 0 aliphatic carbocycles. The van der Waals surface area contributed by atoms with Crippen LogP contribution in [0.3, 0.4) is 0 Å². The number of anilines is 2. The average molecular weight is 333 g/mol. The Balaban J connectivity index is 1.78. The van der Waals surface area contributed by atoms with Crippen molar-refractivity contribution in [3.8, 4) is 0 Å². The number of oxime groups is 1. The second-order valence-corrected chi connectivity index (χ2v) is 6.45. The summed E-state index contributed by atoms with van der Waals surface area (Å²) in [7, 11) is 0. The molecule has 114 valence electrons. The van der Waals surface area contributed by atoms with E-state index in [2.05, 4.69) is 46.9 Å². The predicted molar refractivity (Wildman–Crippen MR) is 93.8 cm³/mol. The molecule has 22 heavy (non-hydrogen) atoms. The van der Waals surface area contributed by atoms with Gasteiger partial charge in [-0.1, -0.05) is 35.1 Å². The summed E-state index contributed by atoms with van der Waals surface area (Å²) in [6, 6.07) is 14.6. The molecule has 1 N–H and O–H groups in total. The fourth-order valence-electron chi connectivity index (χ4n) is 2.18. The van der Waals surface area contributed by atoms with Gasteiger partial charge in [0.2, 0.25) is 0 Å². The summed E-state index contributed by atoms with van der Waals surface area (Å²) in [4.78, 5) is 7.74. The van der Waals surface area contributed by atoms with Crippen LogP contribution in [0.25, 0.3) is 0 Å². The molecule has 0 aromatic heterocycles. The minimum absolute atomic E-state index is 0.549. The number of para-hydroxylation sites is 1. The van der Waals surface area contributed by atoms with Crippen molar-refractivity contribution in [2.75, 3.05) is 17.8 Å². The molecule has 0 fully saturated rings. The van der Waals surface area contributed by atoms with Crippen LogP contribution in [-0.4, -0.2) is 18.2 Å². The van der Waals surface area contributed by atoms with Crippen molar-refractivity contribution >= 4 is 40.4 Å². The SMILES string of the molecule is C/C(=N\OCCCCl)c1ccc2c(c1)Nc1ccccc1S2. The van der Waals surface area contributed by atoms with Gasteiger partial charge >= 0.3 is 0 Å². The highest BCUT2D eigenvalue weighted by atomic mass is 35.5. The van der Waals surface area contributed by atoms with E-state index in [0.717, 1.165) is 29.1 Å². The minimum atomic E-state index is 0.549. The summed E-state index contributed by atoms with van der Waals surface area (Å²) in [5, 5.41) is 7.63. The zero-order valence-electron chi connectivity index (χ0n) is 12.3. The molecule has 3 rings (SSSR count). The molecule has 0 bridgehead atoms. The van der Waals surface area contributed by atoms with Gasteiger partial charge in [-0.05, 0) is 37.6 Å². The van der Waals surface area contributed by atoms with Gasteiger partial charge in [-0.15, -0.1) is 11.6 Å². The topological polar surface area (TPSA) is 33.6 Å². The summed E-state index contributed by atoms with van der Waals surface area (Å²) in [6.45, 7) is 2.50. The minimum Gasteiger partial charge on any atom is -0.396 e. The van der Waals surface area contributed by atoms with Crippen molar-refractivity contribution in [1.29, 1.82) is 0 Å². The van der Waals surface area contributed by atoms with E-state index in [4.69, 9.17) is 16.4 Å². The lowest BCUT2D eigenvalue weighted by Gasteiger charge is -2.21. The zero-order valence-corrected chi connectivity index (χ0v) is 13.9. The molecule has 0 spiro atoms.